The van der Waals surface area contributed by atoms with E-state index in [4.69, 9.17) is 16.3 Å². The number of ether oxygens (including phenoxy) is 1. The van der Waals surface area contributed by atoms with Gasteiger partial charge in [0, 0.05) is 28.6 Å². The number of hydrogen-bond donors (Lipinski definition) is 1. The van der Waals surface area contributed by atoms with E-state index >= 15 is 0 Å². The number of benzene rings is 2. The molecule has 0 saturated heterocycles. The second kappa shape index (κ2) is 8.79. The van der Waals surface area contributed by atoms with Gasteiger partial charge in [-0.3, -0.25) is 4.79 Å². The van der Waals surface area contributed by atoms with Crippen LogP contribution in [0.2, 0.25) is 5.02 Å². The molecule has 0 unspecified atom stereocenters. The number of carbonyl (C=O) groups is 1. The fourth-order valence-electron chi connectivity index (χ4n) is 2.26. The normalized spacial score (nSPS) is 10.4. The molecule has 1 heterocycles. The molecule has 1 N–H and O–H groups in total. The summed E-state index contributed by atoms with van der Waals surface area (Å²) in [7, 11) is 0. The number of hydrogen-bond acceptors (Lipinski definition) is 4. The minimum absolute atomic E-state index is 0.249. The molecular weight excluding hydrogens is 387 g/mol. The number of nitrogens with one attached hydrogen (secondary N) is 1. The fourth-order valence-corrected chi connectivity index (χ4v) is 3.22. The van der Waals surface area contributed by atoms with Gasteiger partial charge in [0.05, 0.1) is 0 Å². The Morgan fingerprint density at radius 2 is 2.07 bits per heavy atom. The van der Waals surface area contributed by atoms with E-state index in [0.717, 1.165) is 5.56 Å². The highest BCUT2D eigenvalue weighted by Crippen LogP contribution is 2.29. The minimum atomic E-state index is -0.462. The van der Waals surface area contributed by atoms with Gasteiger partial charge in [-0.1, -0.05) is 29.8 Å². The molecule has 1 aromatic heterocycles. The number of carbonyl (C=O) groups excluding carboxylic acids is 1. The van der Waals surface area contributed by atoms with Gasteiger partial charge in [-0.05, 0) is 29.8 Å². The van der Waals surface area contributed by atoms with E-state index in [1.807, 2.05) is 12.1 Å². The third-order valence-electron chi connectivity index (χ3n) is 3.63. The first kappa shape index (κ1) is 19.1. The van der Waals surface area contributed by atoms with Gasteiger partial charge in [0.2, 0.25) is 0 Å². The third-order valence-corrected chi connectivity index (χ3v) is 4.76. The van der Waals surface area contributed by atoms with Gasteiger partial charge in [0.15, 0.2) is 0 Å². The van der Waals surface area contributed by atoms with Crippen LogP contribution in [-0.4, -0.2) is 17.4 Å². The monoisotopic (exact) mass is 402 g/mol. The van der Waals surface area contributed by atoms with Gasteiger partial charge in [0.25, 0.3) is 5.91 Å². The molecule has 3 rings (SSSR count). The summed E-state index contributed by atoms with van der Waals surface area (Å²) in [5, 5.41) is 5.31. The number of halogens is 2. The van der Waals surface area contributed by atoms with E-state index in [1.54, 1.807) is 35.7 Å². The van der Waals surface area contributed by atoms with E-state index in [9.17, 15) is 9.18 Å². The maximum Gasteiger partial charge on any atom is 0.271 e. The van der Waals surface area contributed by atoms with Crippen LogP contribution in [0.25, 0.3) is 10.6 Å². The Kier molecular flexibility index (Phi) is 6.21. The predicted molar refractivity (Wildman–Crippen MR) is 106 cm³/mol. The van der Waals surface area contributed by atoms with Crippen LogP contribution in [-0.2, 0) is 6.61 Å². The van der Waals surface area contributed by atoms with E-state index in [-0.39, 0.29) is 11.6 Å². The van der Waals surface area contributed by atoms with E-state index in [1.165, 1.54) is 17.4 Å². The second-order valence-electron chi connectivity index (χ2n) is 5.59. The van der Waals surface area contributed by atoms with Gasteiger partial charge in [-0.2, -0.15) is 0 Å². The lowest BCUT2D eigenvalue weighted by atomic mass is 10.2. The van der Waals surface area contributed by atoms with Crippen LogP contribution in [0.1, 0.15) is 16.1 Å². The van der Waals surface area contributed by atoms with E-state index < -0.39 is 5.82 Å². The molecule has 3 aromatic rings. The van der Waals surface area contributed by atoms with Crippen LogP contribution in [0.3, 0.4) is 0 Å². The molecule has 1 amide bonds. The molecule has 0 aliphatic carbocycles. The van der Waals surface area contributed by atoms with Gasteiger partial charge in [-0.15, -0.1) is 17.9 Å². The van der Waals surface area contributed by atoms with Crippen LogP contribution in [0.5, 0.6) is 5.75 Å². The molecule has 0 aliphatic rings. The van der Waals surface area contributed by atoms with Crippen molar-refractivity contribution < 1.29 is 13.9 Å². The summed E-state index contributed by atoms with van der Waals surface area (Å²) in [5.74, 6) is -0.372. The largest absolute Gasteiger partial charge is 0.489 e. The first-order chi connectivity index (χ1) is 13.1. The quantitative estimate of drug-likeness (QED) is 0.559. The van der Waals surface area contributed by atoms with Crippen LogP contribution in [0.15, 0.2) is 60.5 Å². The van der Waals surface area contributed by atoms with E-state index in [0.29, 0.717) is 34.5 Å². The second-order valence-corrected chi connectivity index (χ2v) is 6.89. The number of amides is 1. The van der Waals surface area contributed by atoms with Crippen LogP contribution in [0.4, 0.5) is 4.39 Å². The van der Waals surface area contributed by atoms with Crippen LogP contribution in [0, 0.1) is 5.82 Å². The zero-order valence-electron chi connectivity index (χ0n) is 14.2. The van der Waals surface area contributed by atoms with Gasteiger partial charge < -0.3 is 10.1 Å². The topological polar surface area (TPSA) is 51.2 Å². The van der Waals surface area contributed by atoms with Gasteiger partial charge in [0.1, 0.15) is 28.9 Å². The first-order valence-corrected chi connectivity index (χ1v) is 9.34. The zero-order chi connectivity index (χ0) is 19.2. The smallest absolute Gasteiger partial charge is 0.271 e. The molecule has 0 atom stereocenters. The number of aromatic nitrogens is 1. The molecule has 0 fully saturated rings. The summed E-state index contributed by atoms with van der Waals surface area (Å²) in [6, 6.07) is 11.8. The van der Waals surface area contributed by atoms with Crippen molar-refractivity contribution in [3.05, 3.63) is 82.6 Å². The van der Waals surface area contributed by atoms with Crippen molar-refractivity contribution in [3.63, 3.8) is 0 Å². The Labute approximate surface area is 165 Å². The highest BCUT2D eigenvalue weighted by molar-refractivity contribution is 7.13. The van der Waals surface area contributed by atoms with Crippen molar-refractivity contribution in [1.29, 1.82) is 0 Å². The van der Waals surface area contributed by atoms with Gasteiger partial charge in [-0.25, -0.2) is 9.37 Å². The molecule has 0 spiro atoms. The Hall–Kier alpha value is -2.70. The van der Waals surface area contributed by atoms with Crippen molar-refractivity contribution in [2.24, 2.45) is 0 Å². The Morgan fingerprint density at radius 1 is 1.30 bits per heavy atom. The minimum Gasteiger partial charge on any atom is -0.489 e. The van der Waals surface area contributed by atoms with Crippen molar-refractivity contribution >= 4 is 28.8 Å². The van der Waals surface area contributed by atoms with Crippen molar-refractivity contribution in [2.75, 3.05) is 6.54 Å². The lowest BCUT2D eigenvalue weighted by Gasteiger charge is -2.08. The van der Waals surface area contributed by atoms with Crippen LogP contribution >= 0.6 is 22.9 Å². The Morgan fingerprint density at radius 3 is 2.78 bits per heavy atom. The molecule has 138 valence electrons. The molecule has 7 heteroatoms. The highest BCUT2D eigenvalue weighted by atomic mass is 35.5. The summed E-state index contributed by atoms with van der Waals surface area (Å²) in [6.07, 6.45) is 1.58. The van der Waals surface area contributed by atoms with Crippen molar-refractivity contribution in [3.8, 4) is 16.3 Å². The molecule has 2 aromatic carbocycles. The highest BCUT2D eigenvalue weighted by Gasteiger charge is 2.14. The molecule has 27 heavy (non-hydrogen) atoms. The molecule has 0 aliphatic heterocycles. The number of nitrogens with zero attached hydrogens (tertiary/aromatic N) is 1. The van der Waals surface area contributed by atoms with Crippen LogP contribution < -0.4 is 10.1 Å². The summed E-state index contributed by atoms with van der Waals surface area (Å²) in [5.41, 5.74) is 1.50. The summed E-state index contributed by atoms with van der Waals surface area (Å²) in [6.45, 7) is 4.19. The summed E-state index contributed by atoms with van der Waals surface area (Å²) in [4.78, 5) is 16.1. The van der Waals surface area contributed by atoms with Crippen molar-refractivity contribution in [2.45, 2.75) is 6.61 Å². The average molecular weight is 403 g/mol. The van der Waals surface area contributed by atoms with Crippen molar-refractivity contribution in [1.82, 2.24) is 10.3 Å². The first-order valence-electron chi connectivity index (χ1n) is 8.08. The molecule has 0 saturated carbocycles. The molecule has 0 bridgehead atoms. The lowest BCUT2D eigenvalue weighted by molar-refractivity contribution is 0.0954. The Balaban J connectivity index is 1.69. The lowest BCUT2D eigenvalue weighted by Crippen LogP contribution is -2.23. The fraction of sp³-hybridized carbons (Fsp3) is 0.100. The molecule has 4 nitrogen and oxygen atoms in total. The summed E-state index contributed by atoms with van der Waals surface area (Å²) < 4.78 is 20.1. The zero-order valence-corrected chi connectivity index (χ0v) is 15.8. The predicted octanol–water partition coefficient (Wildman–Crippen LogP) is 5.10. The maximum atomic E-state index is 14.5. The Bertz CT molecular complexity index is 957. The molecule has 0 radical (unpaired) electrons. The van der Waals surface area contributed by atoms with Gasteiger partial charge >= 0.3 is 0 Å². The average Bonchev–Trinajstić information content (AvgIpc) is 3.15. The maximum absolute atomic E-state index is 14.5. The SMILES string of the molecule is C=CCNC(=O)c1csc(-c2ccc(OCc3ccc(Cl)cc3)cc2F)n1. The standard InChI is InChI=1S/C20H16ClFN2O2S/c1-2-9-23-19(25)18-12-27-20(24-18)16-8-7-15(10-17(16)22)26-11-13-3-5-14(21)6-4-13/h2-8,10,12H,1,9,11H2,(H,23,25). The summed E-state index contributed by atoms with van der Waals surface area (Å²) >= 11 is 7.05. The van der Waals surface area contributed by atoms with E-state index in [2.05, 4.69) is 16.9 Å². The molecular formula is C20H16ClFN2O2S. The third kappa shape index (κ3) is 4.93. The number of rotatable bonds is 7. The number of thiazole rings is 1.